The summed E-state index contributed by atoms with van der Waals surface area (Å²) in [7, 11) is 0. The molecule has 2 fully saturated rings. The first-order valence-electron chi connectivity index (χ1n) is 10.2. The van der Waals surface area contributed by atoms with Crippen LogP contribution in [-0.4, -0.2) is 47.8 Å². The van der Waals surface area contributed by atoms with E-state index in [1.54, 1.807) is 11.3 Å². The summed E-state index contributed by atoms with van der Waals surface area (Å²) in [5.74, 6) is 1.43. The van der Waals surface area contributed by atoms with Gasteiger partial charge in [0, 0.05) is 26.1 Å². The zero-order valence-electron chi connectivity index (χ0n) is 16.1. The van der Waals surface area contributed by atoms with Gasteiger partial charge in [-0.3, -0.25) is 0 Å². The van der Waals surface area contributed by atoms with Gasteiger partial charge in [0.1, 0.15) is 10.8 Å². The molecule has 4 rings (SSSR count). The van der Waals surface area contributed by atoms with Gasteiger partial charge in [0.2, 0.25) is 5.13 Å². The van der Waals surface area contributed by atoms with Crippen molar-refractivity contribution in [1.29, 1.82) is 0 Å². The molecule has 6 heteroatoms. The topological polar surface area (TPSA) is 32.3 Å². The SMILES string of the molecule is CC1CCN(CC2CCCN(c3nnc(Cc4ccc(F)cc4)s3)C2)CC1. The number of benzene rings is 1. The van der Waals surface area contributed by atoms with E-state index in [0.717, 1.165) is 47.0 Å². The molecule has 1 aromatic carbocycles. The summed E-state index contributed by atoms with van der Waals surface area (Å²) in [5, 5.41) is 10.9. The Kier molecular flexibility index (Phi) is 6.03. The second kappa shape index (κ2) is 8.65. The minimum Gasteiger partial charge on any atom is -0.346 e. The van der Waals surface area contributed by atoms with Gasteiger partial charge in [-0.2, -0.15) is 0 Å². The summed E-state index contributed by atoms with van der Waals surface area (Å²) < 4.78 is 13.1. The lowest BCUT2D eigenvalue weighted by molar-refractivity contribution is 0.159. The average Bonchev–Trinajstić information content (AvgIpc) is 3.14. The lowest BCUT2D eigenvalue weighted by Gasteiger charge is -2.37. The molecule has 0 saturated carbocycles. The first-order valence-corrected chi connectivity index (χ1v) is 11.0. The van der Waals surface area contributed by atoms with Gasteiger partial charge in [-0.25, -0.2) is 4.39 Å². The fourth-order valence-corrected chi connectivity index (χ4v) is 5.13. The van der Waals surface area contributed by atoms with Crippen LogP contribution in [0.2, 0.25) is 0 Å². The number of aromatic nitrogens is 2. The van der Waals surface area contributed by atoms with Crippen molar-refractivity contribution in [3.8, 4) is 0 Å². The average molecular weight is 389 g/mol. The van der Waals surface area contributed by atoms with Crippen molar-refractivity contribution in [3.63, 3.8) is 0 Å². The monoisotopic (exact) mass is 388 g/mol. The van der Waals surface area contributed by atoms with Gasteiger partial charge in [-0.1, -0.05) is 30.4 Å². The second-order valence-corrected chi connectivity index (χ2v) is 9.26. The number of hydrogen-bond donors (Lipinski definition) is 0. The van der Waals surface area contributed by atoms with Crippen LogP contribution in [0.5, 0.6) is 0 Å². The van der Waals surface area contributed by atoms with Crippen molar-refractivity contribution >= 4 is 16.5 Å². The quantitative estimate of drug-likeness (QED) is 0.768. The van der Waals surface area contributed by atoms with Crippen molar-refractivity contribution in [3.05, 3.63) is 40.7 Å². The van der Waals surface area contributed by atoms with Crippen LogP contribution in [0.25, 0.3) is 0 Å². The first-order chi connectivity index (χ1) is 13.2. The van der Waals surface area contributed by atoms with Crippen LogP contribution in [0.4, 0.5) is 9.52 Å². The summed E-state index contributed by atoms with van der Waals surface area (Å²) >= 11 is 1.68. The Morgan fingerprint density at radius 3 is 2.63 bits per heavy atom. The van der Waals surface area contributed by atoms with E-state index in [1.165, 1.54) is 57.5 Å². The maximum atomic E-state index is 13.1. The largest absolute Gasteiger partial charge is 0.346 e. The smallest absolute Gasteiger partial charge is 0.208 e. The van der Waals surface area contributed by atoms with Crippen LogP contribution in [0.1, 0.15) is 43.2 Å². The van der Waals surface area contributed by atoms with Crippen molar-refractivity contribution in [2.24, 2.45) is 11.8 Å². The Labute approximate surface area is 165 Å². The molecule has 0 N–H and O–H groups in total. The van der Waals surface area contributed by atoms with Gasteiger partial charge in [-0.05, 0) is 68.3 Å². The van der Waals surface area contributed by atoms with E-state index in [1.807, 2.05) is 12.1 Å². The van der Waals surface area contributed by atoms with Gasteiger partial charge in [0.05, 0.1) is 0 Å². The van der Waals surface area contributed by atoms with Crippen LogP contribution in [0, 0.1) is 17.7 Å². The fraction of sp³-hybridized carbons (Fsp3) is 0.619. The van der Waals surface area contributed by atoms with E-state index >= 15 is 0 Å². The molecule has 0 amide bonds. The van der Waals surface area contributed by atoms with Gasteiger partial charge >= 0.3 is 0 Å². The minimum absolute atomic E-state index is 0.195. The number of piperidine rings is 2. The molecule has 1 aromatic heterocycles. The highest BCUT2D eigenvalue weighted by Crippen LogP contribution is 2.28. The Balaban J connectivity index is 1.33. The van der Waals surface area contributed by atoms with Crippen molar-refractivity contribution < 1.29 is 4.39 Å². The highest BCUT2D eigenvalue weighted by atomic mass is 32.1. The molecule has 1 unspecified atom stereocenters. The highest BCUT2D eigenvalue weighted by molar-refractivity contribution is 7.15. The molecule has 2 aromatic rings. The maximum Gasteiger partial charge on any atom is 0.208 e. The summed E-state index contributed by atoms with van der Waals surface area (Å²) in [6.07, 6.45) is 5.98. The number of hydrogen-bond acceptors (Lipinski definition) is 5. The van der Waals surface area contributed by atoms with E-state index in [4.69, 9.17) is 0 Å². The molecule has 2 saturated heterocycles. The predicted molar refractivity (Wildman–Crippen MR) is 109 cm³/mol. The molecule has 2 aliphatic heterocycles. The zero-order chi connectivity index (χ0) is 18.6. The van der Waals surface area contributed by atoms with Crippen LogP contribution >= 0.6 is 11.3 Å². The lowest BCUT2D eigenvalue weighted by Crippen LogP contribution is -2.43. The third-order valence-electron chi connectivity index (χ3n) is 5.91. The summed E-state index contributed by atoms with van der Waals surface area (Å²) in [6.45, 7) is 8.30. The molecular weight excluding hydrogens is 359 g/mol. The summed E-state index contributed by atoms with van der Waals surface area (Å²) in [6, 6.07) is 6.67. The molecular formula is C21H29FN4S. The van der Waals surface area contributed by atoms with Gasteiger partial charge in [0.15, 0.2) is 0 Å². The molecule has 3 heterocycles. The Hall–Kier alpha value is -1.53. The number of halogens is 1. The number of nitrogens with zero attached hydrogens (tertiary/aromatic N) is 4. The number of anilines is 1. The zero-order valence-corrected chi connectivity index (χ0v) is 16.9. The normalized spacial score (nSPS) is 22.3. The van der Waals surface area contributed by atoms with Crippen molar-refractivity contribution in [2.45, 2.75) is 39.0 Å². The van der Waals surface area contributed by atoms with Crippen LogP contribution in [0.15, 0.2) is 24.3 Å². The summed E-state index contributed by atoms with van der Waals surface area (Å²) in [5.41, 5.74) is 1.08. The second-order valence-electron chi connectivity index (χ2n) is 8.22. The number of likely N-dealkylation sites (tertiary alicyclic amines) is 1. The lowest BCUT2D eigenvalue weighted by atomic mass is 9.94. The molecule has 0 radical (unpaired) electrons. The molecule has 146 valence electrons. The van der Waals surface area contributed by atoms with E-state index in [9.17, 15) is 4.39 Å². The third kappa shape index (κ3) is 5.05. The maximum absolute atomic E-state index is 13.1. The first kappa shape index (κ1) is 18.8. The van der Waals surface area contributed by atoms with Crippen LogP contribution < -0.4 is 4.90 Å². The van der Waals surface area contributed by atoms with E-state index in [-0.39, 0.29) is 5.82 Å². The standard InChI is InChI=1S/C21H29FN4S/c1-16-8-11-25(12-9-16)14-18-3-2-10-26(15-18)21-24-23-20(27-21)13-17-4-6-19(22)7-5-17/h4-7,16,18H,2-3,8-15H2,1H3. The minimum atomic E-state index is -0.195. The fourth-order valence-electron chi connectivity index (χ4n) is 4.22. The molecule has 27 heavy (non-hydrogen) atoms. The molecule has 0 bridgehead atoms. The Bertz CT molecular complexity index is 724. The van der Waals surface area contributed by atoms with Crippen LogP contribution in [0.3, 0.4) is 0 Å². The van der Waals surface area contributed by atoms with E-state index in [0.29, 0.717) is 0 Å². The van der Waals surface area contributed by atoms with Gasteiger partial charge in [-0.15, -0.1) is 10.2 Å². The summed E-state index contributed by atoms with van der Waals surface area (Å²) in [4.78, 5) is 5.08. The molecule has 0 spiro atoms. The highest BCUT2D eigenvalue weighted by Gasteiger charge is 2.25. The van der Waals surface area contributed by atoms with E-state index in [2.05, 4.69) is 26.9 Å². The van der Waals surface area contributed by atoms with Crippen LogP contribution in [-0.2, 0) is 6.42 Å². The third-order valence-corrected chi connectivity index (χ3v) is 6.89. The Morgan fingerprint density at radius 2 is 1.85 bits per heavy atom. The molecule has 4 nitrogen and oxygen atoms in total. The predicted octanol–water partition coefficient (Wildman–Crippen LogP) is 4.22. The van der Waals surface area contributed by atoms with E-state index < -0.39 is 0 Å². The Morgan fingerprint density at radius 1 is 1.07 bits per heavy atom. The molecule has 1 atom stereocenters. The molecule has 2 aliphatic rings. The van der Waals surface area contributed by atoms with Gasteiger partial charge in [0.25, 0.3) is 0 Å². The molecule has 0 aliphatic carbocycles. The van der Waals surface area contributed by atoms with Crippen molar-refractivity contribution in [2.75, 3.05) is 37.6 Å². The van der Waals surface area contributed by atoms with Gasteiger partial charge < -0.3 is 9.80 Å². The number of rotatable bonds is 5. The van der Waals surface area contributed by atoms with Crippen molar-refractivity contribution in [1.82, 2.24) is 15.1 Å².